The van der Waals surface area contributed by atoms with Gasteiger partial charge in [-0.15, -0.1) is 0 Å². The molecule has 2 aliphatic rings. The first-order valence-corrected chi connectivity index (χ1v) is 7.68. The van der Waals surface area contributed by atoms with Crippen LogP contribution >= 0.6 is 0 Å². The number of benzene rings is 1. The summed E-state index contributed by atoms with van der Waals surface area (Å²) in [4.78, 5) is 14.6. The van der Waals surface area contributed by atoms with Crippen molar-refractivity contribution in [2.24, 2.45) is 0 Å². The fraction of sp³-hybridized carbons (Fsp3) is 0.529. The minimum Gasteiger partial charge on any atom is -0.382 e. The first-order chi connectivity index (χ1) is 10.7. The number of hydrogen-bond acceptors (Lipinski definition) is 4. The molecule has 0 radical (unpaired) electrons. The number of fused-ring (bicyclic) bond motifs is 1. The average molecular weight is 300 g/mol. The molecule has 1 aromatic rings. The van der Waals surface area contributed by atoms with Crippen molar-refractivity contribution in [2.75, 3.05) is 20.3 Å². The van der Waals surface area contributed by atoms with Crippen molar-refractivity contribution in [1.82, 2.24) is 4.90 Å². The second-order valence-electron chi connectivity index (χ2n) is 5.88. The van der Waals surface area contributed by atoms with E-state index in [1.165, 1.54) is 0 Å². The van der Waals surface area contributed by atoms with E-state index >= 15 is 0 Å². The van der Waals surface area contributed by atoms with Crippen molar-refractivity contribution >= 4 is 5.91 Å². The van der Waals surface area contributed by atoms with Gasteiger partial charge < -0.3 is 14.4 Å². The summed E-state index contributed by atoms with van der Waals surface area (Å²) in [6, 6.07) is 9.12. The molecular weight excluding hydrogens is 280 g/mol. The Hall–Kier alpha value is -1.90. The van der Waals surface area contributed by atoms with Crippen LogP contribution in [0.1, 0.15) is 35.2 Å². The summed E-state index contributed by atoms with van der Waals surface area (Å²) < 4.78 is 11.2. The summed E-state index contributed by atoms with van der Waals surface area (Å²) in [6.45, 7) is 1.33. The van der Waals surface area contributed by atoms with Crippen LogP contribution in [0.2, 0.25) is 0 Å². The molecule has 116 valence electrons. The number of carbonyl (C=O) groups excluding carboxylic acids is 1. The number of nitrogens with zero attached hydrogens (tertiary/aromatic N) is 2. The molecular formula is C17H20N2O3. The fourth-order valence-electron chi connectivity index (χ4n) is 3.45. The standard InChI is InChI=1S/C17H20N2O3/c1-21-11-14-5-6-15-16(22-14)7-8-19(15)17(20)13-4-2-3-12(9-13)10-18/h2-4,9,14-16H,5-8,11H2,1H3/t14-,15+,16+/m0/s1. The van der Waals surface area contributed by atoms with E-state index in [0.29, 0.717) is 24.3 Å². The lowest BCUT2D eigenvalue weighted by atomic mass is 9.99. The lowest BCUT2D eigenvalue weighted by molar-refractivity contribution is -0.0902. The van der Waals surface area contributed by atoms with Gasteiger partial charge in [-0.2, -0.15) is 5.26 Å². The smallest absolute Gasteiger partial charge is 0.254 e. The molecule has 3 atom stereocenters. The topological polar surface area (TPSA) is 62.6 Å². The lowest BCUT2D eigenvalue weighted by Crippen LogP contribution is -2.45. The van der Waals surface area contributed by atoms with Crippen molar-refractivity contribution in [3.63, 3.8) is 0 Å². The molecule has 0 bridgehead atoms. The van der Waals surface area contributed by atoms with Gasteiger partial charge in [0, 0.05) is 19.2 Å². The monoisotopic (exact) mass is 300 g/mol. The molecule has 0 aromatic heterocycles. The molecule has 5 heteroatoms. The number of rotatable bonds is 3. The highest BCUT2D eigenvalue weighted by Gasteiger charge is 2.42. The third-order valence-corrected chi connectivity index (χ3v) is 4.49. The zero-order valence-electron chi connectivity index (χ0n) is 12.7. The zero-order valence-corrected chi connectivity index (χ0v) is 12.7. The predicted molar refractivity (Wildman–Crippen MR) is 80.4 cm³/mol. The van der Waals surface area contributed by atoms with Gasteiger partial charge >= 0.3 is 0 Å². The van der Waals surface area contributed by atoms with Crippen molar-refractivity contribution < 1.29 is 14.3 Å². The van der Waals surface area contributed by atoms with Gasteiger partial charge in [-0.05, 0) is 37.5 Å². The third kappa shape index (κ3) is 2.85. The lowest BCUT2D eigenvalue weighted by Gasteiger charge is -2.35. The highest BCUT2D eigenvalue weighted by atomic mass is 16.5. The minimum absolute atomic E-state index is 0.00149. The van der Waals surface area contributed by atoms with Gasteiger partial charge in [0.2, 0.25) is 0 Å². The Kier molecular flexibility index (Phi) is 4.41. The molecule has 2 aliphatic heterocycles. The summed E-state index contributed by atoms with van der Waals surface area (Å²) in [6.07, 6.45) is 2.98. The number of methoxy groups -OCH3 is 1. The normalized spacial score (nSPS) is 27.3. The highest BCUT2D eigenvalue weighted by molar-refractivity contribution is 5.95. The molecule has 2 saturated heterocycles. The Morgan fingerprint density at radius 2 is 2.32 bits per heavy atom. The Morgan fingerprint density at radius 3 is 3.09 bits per heavy atom. The second kappa shape index (κ2) is 6.47. The predicted octanol–water partition coefficient (Wildman–Crippen LogP) is 1.97. The molecule has 0 saturated carbocycles. The van der Waals surface area contributed by atoms with E-state index in [1.54, 1.807) is 31.4 Å². The maximum atomic E-state index is 12.7. The van der Waals surface area contributed by atoms with E-state index in [-0.39, 0.29) is 24.2 Å². The number of ether oxygens (including phenoxy) is 2. The van der Waals surface area contributed by atoms with Crippen molar-refractivity contribution in [3.05, 3.63) is 35.4 Å². The largest absolute Gasteiger partial charge is 0.382 e. The number of amides is 1. The Morgan fingerprint density at radius 1 is 1.45 bits per heavy atom. The summed E-state index contributed by atoms with van der Waals surface area (Å²) in [7, 11) is 1.68. The molecule has 0 unspecified atom stereocenters. The molecule has 5 nitrogen and oxygen atoms in total. The van der Waals surface area contributed by atoms with Crippen LogP contribution in [0.25, 0.3) is 0 Å². The van der Waals surface area contributed by atoms with Crippen LogP contribution in [-0.2, 0) is 9.47 Å². The van der Waals surface area contributed by atoms with E-state index in [1.807, 2.05) is 4.90 Å². The molecule has 1 aromatic carbocycles. The van der Waals surface area contributed by atoms with Crippen LogP contribution in [0.15, 0.2) is 24.3 Å². The highest BCUT2D eigenvalue weighted by Crippen LogP contribution is 2.32. The van der Waals surface area contributed by atoms with Crippen LogP contribution in [0.3, 0.4) is 0 Å². The summed E-state index contributed by atoms with van der Waals surface area (Å²) in [5.41, 5.74) is 1.10. The quantitative estimate of drug-likeness (QED) is 0.856. The van der Waals surface area contributed by atoms with Gasteiger partial charge in [0.25, 0.3) is 5.91 Å². The molecule has 22 heavy (non-hydrogen) atoms. The maximum absolute atomic E-state index is 12.7. The molecule has 3 rings (SSSR count). The van der Waals surface area contributed by atoms with E-state index < -0.39 is 0 Å². The molecule has 2 fully saturated rings. The van der Waals surface area contributed by atoms with E-state index in [4.69, 9.17) is 14.7 Å². The Balaban J connectivity index is 1.71. The summed E-state index contributed by atoms with van der Waals surface area (Å²) in [5.74, 6) is -0.00149. The van der Waals surface area contributed by atoms with Crippen LogP contribution in [0.5, 0.6) is 0 Å². The second-order valence-corrected chi connectivity index (χ2v) is 5.88. The summed E-state index contributed by atoms with van der Waals surface area (Å²) in [5, 5.41) is 8.97. The van der Waals surface area contributed by atoms with E-state index in [0.717, 1.165) is 19.3 Å². The summed E-state index contributed by atoms with van der Waals surface area (Å²) >= 11 is 0. The first-order valence-electron chi connectivity index (χ1n) is 7.68. The Labute approximate surface area is 130 Å². The van der Waals surface area contributed by atoms with Crippen molar-refractivity contribution in [1.29, 1.82) is 5.26 Å². The third-order valence-electron chi connectivity index (χ3n) is 4.49. The minimum atomic E-state index is -0.00149. The Bertz CT molecular complexity index is 596. The number of nitriles is 1. The van der Waals surface area contributed by atoms with Crippen molar-refractivity contribution in [2.45, 2.75) is 37.5 Å². The van der Waals surface area contributed by atoms with Gasteiger partial charge in [0.05, 0.1) is 36.5 Å². The molecule has 0 spiro atoms. The van der Waals surface area contributed by atoms with Gasteiger partial charge in [-0.25, -0.2) is 0 Å². The zero-order chi connectivity index (χ0) is 15.5. The molecule has 2 heterocycles. The van der Waals surface area contributed by atoms with Gasteiger partial charge in [-0.3, -0.25) is 4.79 Å². The number of carbonyl (C=O) groups is 1. The SMILES string of the molecule is COC[C@@H]1CC[C@@H]2[C@@H](CCN2C(=O)c2cccc(C#N)c2)O1. The van der Waals surface area contributed by atoms with Crippen LogP contribution in [-0.4, -0.2) is 49.3 Å². The average Bonchev–Trinajstić information content (AvgIpc) is 2.97. The molecule has 0 aliphatic carbocycles. The fourth-order valence-corrected chi connectivity index (χ4v) is 3.45. The van der Waals surface area contributed by atoms with Crippen LogP contribution in [0, 0.1) is 11.3 Å². The maximum Gasteiger partial charge on any atom is 0.254 e. The first kappa shape index (κ1) is 15.0. The van der Waals surface area contributed by atoms with Crippen LogP contribution in [0.4, 0.5) is 0 Å². The van der Waals surface area contributed by atoms with Crippen LogP contribution < -0.4 is 0 Å². The van der Waals surface area contributed by atoms with Gasteiger partial charge in [0.1, 0.15) is 0 Å². The number of hydrogen-bond donors (Lipinski definition) is 0. The molecule has 1 amide bonds. The number of likely N-dealkylation sites (tertiary alicyclic amines) is 1. The van der Waals surface area contributed by atoms with Gasteiger partial charge in [-0.1, -0.05) is 6.07 Å². The van der Waals surface area contributed by atoms with Gasteiger partial charge in [0.15, 0.2) is 0 Å². The van der Waals surface area contributed by atoms with E-state index in [2.05, 4.69) is 6.07 Å². The van der Waals surface area contributed by atoms with E-state index in [9.17, 15) is 4.79 Å². The van der Waals surface area contributed by atoms with Crippen molar-refractivity contribution in [3.8, 4) is 6.07 Å². The molecule has 0 N–H and O–H groups in total.